The Hall–Kier alpha value is -2.93. The van der Waals surface area contributed by atoms with Crippen molar-refractivity contribution in [2.45, 2.75) is 32.2 Å². The molecule has 6 heteroatoms. The summed E-state index contributed by atoms with van der Waals surface area (Å²) in [5, 5.41) is 19.7. The second-order valence-corrected chi connectivity index (χ2v) is 8.14. The molecule has 0 saturated heterocycles. The molecule has 1 aliphatic rings. The van der Waals surface area contributed by atoms with E-state index in [1.54, 1.807) is 5.48 Å². The number of nitrogens with zero attached hydrogens (tertiary/aromatic N) is 1. The van der Waals surface area contributed by atoms with E-state index >= 15 is 0 Å². The molecule has 6 nitrogen and oxygen atoms in total. The van der Waals surface area contributed by atoms with E-state index in [1.165, 1.54) is 28.2 Å². The van der Waals surface area contributed by atoms with Crippen LogP contribution in [0.3, 0.4) is 0 Å². The number of aliphatic hydroxyl groups excluding tert-OH is 1. The normalized spacial score (nSPS) is 16.1. The van der Waals surface area contributed by atoms with E-state index in [-0.39, 0.29) is 12.6 Å². The van der Waals surface area contributed by atoms with Crippen LogP contribution >= 0.6 is 0 Å². The van der Waals surface area contributed by atoms with Crippen LogP contribution in [-0.2, 0) is 17.6 Å². The first kappa shape index (κ1) is 21.3. The number of amides is 1. The second kappa shape index (κ2) is 9.47. The number of carbonyl (C=O) groups is 1. The van der Waals surface area contributed by atoms with E-state index in [9.17, 15) is 9.90 Å². The third kappa shape index (κ3) is 4.56. The van der Waals surface area contributed by atoms with Crippen molar-refractivity contribution in [3.8, 4) is 0 Å². The van der Waals surface area contributed by atoms with Gasteiger partial charge in [0.1, 0.15) is 0 Å². The Labute approximate surface area is 182 Å². The fourth-order valence-corrected chi connectivity index (χ4v) is 4.69. The first-order valence-corrected chi connectivity index (χ1v) is 10.8. The number of fused-ring (bicyclic) bond motifs is 2. The average molecular weight is 420 g/mol. The molecule has 0 unspecified atom stereocenters. The molecule has 4 rings (SSSR count). The zero-order valence-corrected chi connectivity index (χ0v) is 17.8. The second-order valence-electron chi connectivity index (χ2n) is 8.14. The van der Waals surface area contributed by atoms with Crippen LogP contribution in [0.4, 0.5) is 0 Å². The monoisotopic (exact) mass is 419 g/mol. The van der Waals surface area contributed by atoms with Gasteiger partial charge in [-0.3, -0.25) is 14.9 Å². The zero-order chi connectivity index (χ0) is 21.8. The number of benzene rings is 2. The highest BCUT2D eigenvalue weighted by Crippen LogP contribution is 2.37. The van der Waals surface area contributed by atoms with Crippen LogP contribution in [0, 0.1) is 0 Å². The van der Waals surface area contributed by atoms with Crippen molar-refractivity contribution in [3.05, 3.63) is 77.0 Å². The van der Waals surface area contributed by atoms with Crippen LogP contribution < -0.4 is 5.48 Å². The molecule has 1 aromatic heterocycles. The van der Waals surface area contributed by atoms with Gasteiger partial charge in [-0.25, -0.2) is 5.48 Å². The minimum Gasteiger partial charge on any atom is -0.395 e. The highest BCUT2D eigenvalue weighted by molar-refractivity contribution is 5.94. The molecule has 0 bridgehead atoms. The van der Waals surface area contributed by atoms with Crippen LogP contribution in [0.1, 0.15) is 41.6 Å². The van der Waals surface area contributed by atoms with Crippen LogP contribution in [-0.4, -0.2) is 45.8 Å². The fourth-order valence-electron chi connectivity index (χ4n) is 4.69. The Kier molecular flexibility index (Phi) is 6.51. The Balaban J connectivity index is 1.51. The molecule has 0 radical (unpaired) electrons. The summed E-state index contributed by atoms with van der Waals surface area (Å²) >= 11 is 0. The highest BCUT2D eigenvalue weighted by Gasteiger charge is 2.28. The maximum atomic E-state index is 11.4. The zero-order valence-electron chi connectivity index (χ0n) is 17.8. The number of allylic oxidation sites excluding steroid dienone is 1. The number of hydrogen-bond donors (Lipinski definition) is 4. The van der Waals surface area contributed by atoms with Crippen molar-refractivity contribution in [1.29, 1.82) is 0 Å². The number of H-pyrrole nitrogens is 1. The predicted octanol–water partition coefficient (Wildman–Crippen LogP) is 3.60. The van der Waals surface area contributed by atoms with Gasteiger partial charge in [0, 0.05) is 42.3 Å². The van der Waals surface area contributed by atoms with Crippen molar-refractivity contribution in [2.24, 2.45) is 0 Å². The fraction of sp³-hybridized carbons (Fsp3) is 0.320. The molecule has 1 amide bonds. The summed E-state index contributed by atoms with van der Waals surface area (Å²) in [6.45, 7) is 3.52. The third-order valence-corrected chi connectivity index (χ3v) is 6.27. The van der Waals surface area contributed by atoms with E-state index in [0.717, 1.165) is 42.5 Å². The van der Waals surface area contributed by atoms with Crippen LogP contribution in [0.15, 0.2) is 54.7 Å². The molecule has 3 aromatic rings. The summed E-state index contributed by atoms with van der Waals surface area (Å²) in [6.07, 6.45) is 6.41. The summed E-state index contributed by atoms with van der Waals surface area (Å²) in [6, 6.07) is 15.0. The standard InChI is InChI=1S/C25H29N3O3/c1-17(14-25(30)27-31)18-6-8-22-19(15-18)7-9-24(22)28(12-13-29)11-10-20-16-26-23-5-3-2-4-21(20)23/h2-6,8,14-16,24,26,29,31H,7,9-13H2,1H3,(H,27,30)/b17-14+/t24-/m0/s1. The molecule has 1 aliphatic carbocycles. The minimum absolute atomic E-state index is 0.135. The maximum absolute atomic E-state index is 11.4. The Bertz CT molecular complexity index is 1100. The van der Waals surface area contributed by atoms with E-state index in [2.05, 4.69) is 46.4 Å². The number of aromatic nitrogens is 1. The van der Waals surface area contributed by atoms with E-state index in [1.807, 2.05) is 19.1 Å². The summed E-state index contributed by atoms with van der Waals surface area (Å²) < 4.78 is 0. The molecule has 31 heavy (non-hydrogen) atoms. The quantitative estimate of drug-likeness (QED) is 0.255. The molecule has 4 N–H and O–H groups in total. The number of aromatic amines is 1. The third-order valence-electron chi connectivity index (χ3n) is 6.27. The molecule has 2 aromatic carbocycles. The van der Waals surface area contributed by atoms with Crippen molar-refractivity contribution >= 4 is 22.4 Å². The van der Waals surface area contributed by atoms with Crippen LogP contribution in [0.25, 0.3) is 16.5 Å². The van der Waals surface area contributed by atoms with Crippen LogP contribution in [0.5, 0.6) is 0 Å². The summed E-state index contributed by atoms with van der Waals surface area (Å²) in [7, 11) is 0. The first-order valence-electron chi connectivity index (χ1n) is 10.8. The molecule has 0 fully saturated rings. The number of para-hydroxylation sites is 1. The largest absolute Gasteiger partial charge is 0.395 e. The number of rotatable bonds is 8. The Morgan fingerprint density at radius 3 is 2.90 bits per heavy atom. The van der Waals surface area contributed by atoms with Gasteiger partial charge >= 0.3 is 0 Å². The molecule has 1 heterocycles. The van der Waals surface area contributed by atoms with Gasteiger partial charge in [0.2, 0.25) is 0 Å². The summed E-state index contributed by atoms with van der Waals surface area (Å²) in [5.74, 6) is -0.526. The lowest BCUT2D eigenvalue weighted by atomic mass is 9.99. The minimum atomic E-state index is -0.526. The lowest BCUT2D eigenvalue weighted by Crippen LogP contribution is -2.32. The van der Waals surface area contributed by atoms with Gasteiger partial charge in [0.05, 0.1) is 6.61 Å². The SMILES string of the molecule is C/C(=C\C(=O)NO)c1ccc2c(c1)CC[C@@H]2N(CCO)CCc1c[nH]c2ccccc12. The number of hydroxylamine groups is 1. The van der Waals surface area contributed by atoms with Crippen molar-refractivity contribution in [3.63, 3.8) is 0 Å². The number of aryl methyl sites for hydroxylation is 1. The highest BCUT2D eigenvalue weighted by atomic mass is 16.5. The van der Waals surface area contributed by atoms with Gasteiger partial charge in [-0.2, -0.15) is 0 Å². The van der Waals surface area contributed by atoms with Gasteiger partial charge in [-0.1, -0.05) is 36.4 Å². The topological polar surface area (TPSA) is 88.6 Å². The number of nitrogens with one attached hydrogen (secondary N) is 2. The molecule has 0 saturated carbocycles. The van der Waals surface area contributed by atoms with Crippen LogP contribution in [0.2, 0.25) is 0 Å². The van der Waals surface area contributed by atoms with E-state index in [4.69, 9.17) is 5.21 Å². The van der Waals surface area contributed by atoms with Gasteiger partial charge < -0.3 is 10.1 Å². The number of hydrogen-bond acceptors (Lipinski definition) is 4. The maximum Gasteiger partial charge on any atom is 0.267 e. The molecular weight excluding hydrogens is 390 g/mol. The lowest BCUT2D eigenvalue weighted by molar-refractivity contribution is -0.124. The summed E-state index contributed by atoms with van der Waals surface area (Å²) in [4.78, 5) is 17.2. The predicted molar refractivity (Wildman–Crippen MR) is 122 cm³/mol. The molecule has 1 atom stereocenters. The molecule has 162 valence electrons. The van der Waals surface area contributed by atoms with Crippen molar-refractivity contribution < 1.29 is 15.1 Å². The lowest BCUT2D eigenvalue weighted by Gasteiger charge is -2.29. The first-order chi connectivity index (χ1) is 15.1. The van der Waals surface area contributed by atoms with Crippen molar-refractivity contribution in [1.82, 2.24) is 15.4 Å². The summed E-state index contributed by atoms with van der Waals surface area (Å²) in [5.41, 5.74) is 8.48. The number of carbonyl (C=O) groups excluding carboxylic acids is 1. The van der Waals surface area contributed by atoms with Gasteiger partial charge in [-0.15, -0.1) is 0 Å². The number of aliphatic hydroxyl groups is 1. The average Bonchev–Trinajstić information content (AvgIpc) is 3.40. The molecule has 0 spiro atoms. The molecular formula is C25H29N3O3. The van der Waals surface area contributed by atoms with Gasteiger partial charge in [0.15, 0.2) is 0 Å². The Morgan fingerprint density at radius 1 is 1.26 bits per heavy atom. The van der Waals surface area contributed by atoms with E-state index < -0.39 is 5.91 Å². The molecule has 0 aliphatic heterocycles. The van der Waals surface area contributed by atoms with Gasteiger partial charge in [0.25, 0.3) is 5.91 Å². The van der Waals surface area contributed by atoms with Gasteiger partial charge in [-0.05, 0) is 60.1 Å². The van der Waals surface area contributed by atoms with E-state index in [0.29, 0.717) is 6.54 Å². The smallest absolute Gasteiger partial charge is 0.267 e. The Morgan fingerprint density at radius 2 is 2.10 bits per heavy atom. The van der Waals surface area contributed by atoms with Crippen molar-refractivity contribution in [2.75, 3.05) is 19.7 Å².